The molecule has 4 rings (SSSR count). The van der Waals surface area contributed by atoms with E-state index in [0.717, 1.165) is 31.0 Å². The Kier molecular flexibility index (Phi) is 7.75. The Morgan fingerprint density at radius 1 is 1.00 bits per heavy atom. The van der Waals surface area contributed by atoms with Crippen molar-refractivity contribution in [3.05, 3.63) is 65.0 Å². The summed E-state index contributed by atoms with van der Waals surface area (Å²) < 4.78 is 51.3. The molecule has 0 radical (unpaired) electrons. The molecule has 0 spiro atoms. The average Bonchev–Trinajstić information content (AvgIpc) is 2.88. The normalized spacial score (nSPS) is 17.9. The Bertz CT molecular complexity index is 1140. The number of benzene rings is 2. The van der Waals surface area contributed by atoms with Gasteiger partial charge >= 0.3 is 5.97 Å². The summed E-state index contributed by atoms with van der Waals surface area (Å²) >= 11 is 0. The highest BCUT2D eigenvalue weighted by molar-refractivity contribution is 7.89. The fraction of sp³-hybridized carbons (Fsp3) is 0.440. The van der Waals surface area contributed by atoms with Crippen LogP contribution in [-0.4, -0.2) is 57.4 Å². The van der Waals surface area contributed by atoms with Crippen molar-refractivity contribution in [3.8, 4) is 0 Å². The maximum Gasteiger partial charge on any atom is 0.341 e. The summed E-state index contributed by atoms with van der Waals surface area (Å²) in [4.78, 5) is 24.8. The van der Waals surface area contributed by atoms with Gasteiger partial charge in [-0.2, -0.15) is 4.31 Å². The molecule has 9 heteroatoms. The van der Waals surface area contributed by atoms with Gasteiger partial charge in [0, 0.05) is 18.7 Å². The van der Waals surface area contributed by atoms with Gasteiger partial charge in [-0.15, -0.1) is 0 Å². The second-order valence-electron chi connectivity index (χ2n) is 8.61. The zero-order valence-electron chi connectivity index (χ0n) is 18.9. The zero-order valence-corrected chi connectivity index (χ0v) is 19.7. The molecule has 1 saturated heterocycles. The summed E-state index contributed by atoms with van der Waals surface area (Å²) in [6.07, 6.45) is 5.99. The van der Waals surface area contributed by atoms with Crippen molar-refractivity contribution in [1.29, 1.82) is 0 Å². The van der Waals surface area contributed by atoms with E-state index in [1.165, 1.54) is 29.1 Å². The minimum absolute atomic E-state index is 0.174. The van der Waals surface area contributed by atoms with Gasteiger partial charge in [-0.25, -0.2) is 17.6 Å². The number of ether oxygens (including phenoxy) is 2. The van der Waals surface area contributed by atoms with Crippen LogP contribution in [0.15, 0.2) is 47.4 Å². The number of Topliss-reactive ketones (excluding diaryl/α,β-unsaturated/α-hetero) is 1. The van der Waals surface area contributed by atoms with Crippen molar-refractivity contribution in [3.63, 3.8) is 0 Å². The summed E-state index contributed by atoms with van der Waals surface area (Å²) in [5.41, 5.74) is 1.07. The van der Waals surface area contributed by atoms with Crippen LogP contribution in [-0.2, 0) is 19.5 Å². The zero-order chi connectivity index (χ0) is 24.1. The molecule has 0 aromatic heterocycles. The van der Waals surface area contributed by atoms with E-state index >= 15 is 0 Å². The Morgan fingerprint density at radius 2 is 1.68 bits per heavy atom. The second kappa shape index (κ2) is 10.8. The molecule has 2 aliphatic rings. The van der Waals surface area contributed by atoms with Crippen molar-refractivity contribution in [2.45, 2.75) is 42.9 Å². The van der Waals surface area contributed by atoms with Crippen LogP contribution in [0.1, 0.15) is 64.3 Å². The molecule has 0 unspecified atom stereocenters. The number of esters is 1. The largest absolute Gasteiger partial charge is 0.454 e. The third-order valence-electron chi connectivity index (χ3n) is 6.41. The number of hydrogen-bond acceptors (Lipinski definition) is 6. The smallest absolute Gasteiger partial charge is 0.341 e. The fourth-order valence-electron chi connectivity index (χ4n) is 4.43. The van der Waals surface area contributed by atoms with Crippen LogP contribution in [0, 0.1) is 5.82 Å². The summed E-state index contributed by atoms with van der Waals surface area (Å²) in [6, 6.07) is 10.3. The number of carbonyl (C=O) groups excluding carboxylic acids is 2. The Balaban J connectivity index is 1.40. The number of carbonyl (C=O) groups is 2. The lowest BCUT2D eigenvalue weighted by Gasteiger charge is -2.26. The Hall–Kier alpha value is -2.62. The lowest BCUT2D eigenvalue weighted by atomic mass is 9.84. The first-order valence-electron chi connectivity index (χ1n) is 11.5. The van der Waals surface area contributed by atoms with E-state index in [1.807, 2.05) is 12.1 Å². The lowest BCUT2D eigenvalue weighted by molar-refractivity contribution is 0.0469. The molecule has 2 fully saturated rings. The molecule has 1 saturated carbocycles. The summed E-state index contributed by atoms with van der Waals surface area (Å²) in [6.45, 7) is 0.306. The number of morpholine rings is 1. The van der Waals surface area contributed by atoms with E-state index in [9.17, 15) is 22.4 Å². The molecular weight excluding hydrogens is 461 g/mol. The molecule has 7 nitrogen and oxygen atoms in total. The van der Waals surface area contributed by atoms with Crippen LogP contribution in [0.3, 0.4) is 0 Å². The van der Waals surface area contributed by atoms with Crippen molar-refractivity contribution in [2.75, 3.05) is 32.9 Å². The van der Waals surface area contributed by atoms with Gasteiger partial charge in [-0.05, 0) is 42.5 Å². The van der Waals surface area contributed by atoms with Crippen LogP contribution in [0.25, 0.3) is 0 Å². The predicted molar refractivity (Wildman–Crippen MR) is 123 cm³/mol. The van der Waals surface area contributed by atoms with Crippen LogP contribution in [0.4, 0.5) is 4.39 Å². The van der Waals surface area contributed by atoms with Crippen LogP contribution in [0.2, 0.25) is 0 Å². The summed E-state index contributed by atoms with van der Waals surface area (Å²) in [7, 11) is -3.91. The van der Waals surface area contributed by atoms with Gasteiger partial charge < -0.3 is 9.47 Å². The molecule has 2 aromatic rings. The van der Waals surface area contributed by atoms with E-state index in [-0.39, 0.29) is 31.2 Å². The molecule has 1 heterocycles. The van der Waals surface area contributed by atoms with E-state index < -0.39 is 39.8 Å². The van der Waals surface area contributed by atoms with Gasteiger partial charge in [0.15, 0.2) is 12.4 Å². The van der Waals surface area contributed by atoms with Crippen LogP contribution >= 0.6 is 0 Å². The average molecular weight is 490 g/mol. The molecule has 0 amide bonds. The summed E-state index contributed by atoms with van der Waals surface area (Å²) in [5, 5.41) is 0. The molecule has 34 heavy (non-hydrogen) atoms. The number of sulfonamides is 1. The number of halogens is 1. The van der Waals surface area contributed by atoms with Gasteiger partial charge in [-0.1, -0.05) is 43.5 Å². The molecule has 182 valence electrons. The number of ketones is 1. The monoisotopic (exact) mass is 489 g/mol. The molecule has 0 N–H and O–H groups in total. The first-order valence-corrected chi connectivity index (χ1v) is 13.0. The van der Waals surface area contributed by atoms with Crippen molar-refractivity contribution < 1.29 is 31.9 Å². The second-order valence-corrected chi connectivity index (χ2v) is 10.6. The van der Waals surface area contributed by atoms with Gasteiger partial charge in [0.2, 0.25) is 10.0 Å². The molecule has 2 aromatic carbocycles. The number of rotatable bonds is 7. The van der Waals surface area contributed by atoms with Crippen molar-refractivity contribution in [2.24, 2.45) is 0 Å². The minimum Gasteiger partial charge on any atom is -0.454 e. The maximum atomic E-state index is 14.3. The van der Waals surface area contributed by atoms with Gasteiger partial charge in [0.05, 0.1) is 23.7 Å². The SMILES string of the molecule is O=C(COC(=O)c1cc(S(=O)(=O)N2CCOCC2)ccc1F)c1ccc(C2CCCCC2)cc1. The fourth-order valence-corrected chi connectivity index (χ4v) is 5.86. The van der Waals surface area contributed by atoms with E-state index in [2.05, 4.69) is 0 Å². The lowest BCUT2D eigenvalue weighted by Crippen LogP contribution is -2.40. The molecule has 1 aliphatic carbocycles. The molecule has 0 bridgehead atoms. The van der Waals surface area contributed by atoms with Crippen molar-refractivity contribution in [1.82, 2.24) is 4.31 Å². The maximum absolute atomic E-state index is 14.3. The third kappa shape index (κ3) is 5.54. The Morgan fingerprint density at radius 3 is 2.35 bits per heavy atom. The number of hydrogen-bond donors (Lipinski definition) is 0. The predicted octanol–water partition coefficient (Wildman–Crippen LogP) is 3.93. The quantitative estimate of drug-likeness (QED) is 0.432. The standard InChI is InChI=1S/C25H28FNO6S/c26-23-11-10-21(34(30,31)27-12-14-32-15-13-27)16-22(23)25(29)33-17-24(28)20-8-6-19(7-9-20)18-4-2-1-3-5-18/h6-11,16,18H,1-5,12-15,17H2. The molecular formula is C25H28FNO6S. The first kappa shape index (κ1) is 24.5. The highest BCUT2D eigenvalue weighted by Gasteiger charge is 2.28. The van der Waals surface area contributed by atoms with Crippen molar-refractivity contribution >= 4 is 21.8 Å². The third-order valence-corrected chi connectivity index (χ3v) is 8.30. The molecule has 1 aliphatic heterocycles. The van der Waals surface area contributed by atoms with E-state index in [0.29, 0.717) is 11.5 Å². The topological polar surface area (TPSA) is 90.0 Å². The van der Waals surface area contributed by atoms with Crippen LogP contribution in [0.5, 0.6) is 0 Å². The number of nitrogens with zero attached hydrogens (tertiary/aromatic N) is 1. The van der Waals surface area contributed by atoms with E-state index in [1.54, 1.807) is 12.1 Å². The van der Waals surface area contributed by atoms with Gasteiger partial charge in [-0.3, -0.25) is 4.79 Å². The Labute approximate surface area is 198 Å². The molecule has 0 atom stereocenters. The summed E-state index contributed by atoms with van der Waals surface area (Å²) in [5.74, 6) is -1.92. The van der Waals surface area contributed by atoms with Crippen LogP contribution < -0.4 is 0 Å². The first-order chi connectivity index (χ1) is 16.4. The highest BCUT2D eigenvalue weighted by atomic mass is 32.2. The minimum atomic E-state index is -3.91. The van der Waals surface area contributed by atoms with Gasteiger partial charge in [0.25, 0.3) is 0 Å². The van der Waals surface area contributed by atoms with Gasteiger partial charge in [0.1, 0.15) is 5.82 Å². The highest BCUT2D eigenvalue weighted by Crippen LogP contribution is 2.32. The van der Waals surface area contributed by atoms with E-state index in [4.69, 9.17) is 9.47 Å².